The number of para-hydroxylation sites is 1. The lowest BCUT2D eigenvalue weighted by molar-refractivity contribution is -0.130. The number of imide groups is 1. The summed E-state index contributed by atoms with van der Waals surface area (Å²) >= 11 is 0. The topological polar surface area (TPSA) is 106 Å². The zero-order valence-corrected chi connectivity index (χ0v) is 16.1. The Labute approximate surface area is 171 Å². The molecule has 8 nitrogen and oxygen atoms in total. The fourth-order valence-corrected chi connectivity index (χ4v) is 3.33. The molecule has 0 bridgehead atoms. The third-order valence-corrected chi connectivity index (χ3v) is 4.89. The standard InChI is InChI=1S/C22H18N2O6/c1-13-18(26)15-8-5-9-16(20(15)30-19(13)14-6-3-2-4-7-14)21(27)29-12-17(25)24-11-10-23-22(24)28/h2-9H,10-12H2,1H3,(H,23,28). The Kier molecular flexibility index (Phi) is 5.05. The maximum absolute atomic E-state index is 12.9. The number of esters is 1. The molecule has 1 aliphatic heterocycles. The third kappa shape index (κ3) is 3.43. The van der Waals surface area contributed by atoms with Crippen molar-refractivity contribution in [2.75, 3.05) is 19.7 Å². The number of benzene rings is 2. The van der Waals surface area contributed by atoms with Gasteiger partial charge in [0, 0.05) is 24.2 Å². The summed E-state index contributed by atoms with van der Waals surface area (Å²) in [7, 11) is 0. The molecule has 1 N–H and O–H groups in total. The van der Waals surface area contributed by atoms with Crippen LogP contribution < -0.4 is 10.7 Å². The highest BCUT2D eigenvalue weighted by molar-refractivity contribution is 6.03. The summed E-state index contributed by atoms with van der Waals surface area (Å²) in [6, 6.07) is 13.2. The molecule has 0 atom stereocenters. The summed E-state index contributed by atoms with van der Waals surface area (Å²) in [5.74, 6) is -1.08. The van der Waals surface area contributed by atoms with Crippen LogP contribution in [0.2, 0.25) is 0 Å². The summed E-state index contributed by atoms with van der Waals surface area (Å²) < 4.78 is 11.1. The van der Waals surface area contributed by atoms with Gasteiger partial charge in [-0.25, -0.2) is 9.59 Å². The fraction of sp³-hybridized carbons (Fsp3) is 0.182. The van der Waals surface area contributed by atoms with Crippen molar-refractivity contribution in [3.63, 3.8) is 0 Å². The van der Waals surface area contributed by atoms with E-state index in [1.807, 2.05) is 18.2 Å². The highest BCUT2D eigenvalue weighted by Gasteiger charge is 2.27. The molecule has 1 saturated heterocycles. The van der Waals surface area contributed by atoms with E-state index in [1.54, 1.807) is 31.2 Å². The molecule has 8 heteroatoms. The number of amides is 3. The Morgan fingerprint density at radius 3 is 2.57 bits per heavy atom. The molecule has 4 rings (SSSR count). The molecule has 0 saturated carbocycles. The van der Waals surface area contributed by atoms with Gasteiger partial charge in [-0.05, 0) is 19.1 Å². The second-order valence-electron chi connectivity index (χ2n) is 6.79. The summed E-state index contributed by atoms with van der Waals surface area (Å²) in [5.41, 5.74) is 0.986. The molecule has 0 spiro atoms. The van der Waals surface area contributed by atoms with Crippen LogP contribution in [0.3, 0.4) is 0 Å². The van der Waals surface area contributed by atoms with Crippen molar-refractivity contribution in [2.45, 2.75) is 6.92 Å². The molecule has 2 aromatic carbocycles. The van der Waals surface area contributed by atoms with E-state index in [-0.39, 0.29) is 28.5 Å². The normalized spacial score (nSPS) is 13.4. The van der Waals surface area contributed by atoms with Crippen molar-refractivity contribution < 1.29 is 23.5 Å². The number of carbonyl (C=O) groups is 3. The minimum Gasteiger partial charge on any atom is -0.455 e. The minimum atomic E-state index is -0.820. The maximum atomic E-state index is 12.9. The van der Waals surface area contributed by atoms with Gasteiger partial charge in [-0.15, -0.1) is 0 Å². The van der Waals surface area contributed by atoms with E-state index in [4.69, 9.17) is 9.15 Å². The monoisotopic (exact) mass is 406 g/mol. The van der Waals surface area contributed by atoms with Gasteiger partial charge < -0.3 is 14.5 Å². The number of ether oxygens (including phenoxy) is 1. The average molecular weight is 406 g/mol. The average Bonchev–Trinajstić information content (AvgIpc) is 3.20. The van der Waals surface area contributed by atoms with Crippen LogP contribution >= 0.6 is 0 Å². The van der Waals surface area contributed by atoms with Crippen LogP contribution in [-0.4, -0.2) is 42.5 Å². The molecular weight excluding hydrogens is 388 g/mol. The van der Waals surface area contributed by atoms with Gasteiger partial charge in [0.25, 0.3) is 5.91 Å². The van der Waals surface area contributed by atoms with Gasteiger partial charge in [0.2, 0.25) is 0 Å². The van der Waals surface area contributed by atoms with Crippen LogP contribution in [0.15, 0.2) is 57.7 Å². The molecule has 152 valence electrons. The summed E-state index contributed by atoms with van der Waals surface area (Å²) in [6.45, 7) is 1.65. The smallest absolute Gasteiger partial charge is 0.342 e. The maximum Gasteiger partial charge on any atom is 0.342 e. The summed E-state index contributed by atoms with van der Waals surface area (Å²) in [5, 5.41) is 2.75. The molecule has 2 heterocycles. The minimum absolute atomic E-state index is 0.0282. The van der Waals surface area contributed by atoms with Crippen molar-refractivity contribution >= 4 is 28.9 Å². The molecule has 1 fully saturated rings. The Morgan fingerprint density at radius 1 is 1.10 bits per heavy atom. The number of fused-ring (bicyclic) bond motifs is 1. The second kappa shape index (κ2) is 7.82. The largest absolute Gasteiger partial charge is 0.455 e. The number of hydrogen-bond acceptors (Lipinski definition) is 6. The van der Waals surface area contributed by atoms with E-state index in [1.165, 1.54) is 6.07 Å². The predicted molar refractivity (Wildman–Crippen MR) is 108 cm³/mol. The molecule has 0 aliphatic carbocycles. The van der Waals surface area contributed by atoms with Crippen molar-refractivity contribution in [1.29, 1.82) is 0 Å². The van der Waals surface area contributed by atoms with Gasteiger partial charge in [-0.2, -0.15) is 0 Å². The van der Waals surface area contributed by atoms with E-state index < -0.39 is 24.5 Å². The van der Waals surface area contributed by atoms with Crippen LogP contribution in [0.5, 0.6) is 0 Å². The number of urea groups is 1. The Balaban J connectivity index is 1.68. The van der Waals surface area contributed by atoms with Crippen molar-refractivity contribution in [1.82, 2.24) is 10.2 Å². The molecule has 0 unspecified atom stereocenters. The van der Waals surface area contributed by atoms with Gasteiger partial charge in [0.1, 0.15) is 11.3 Å². The summed E-state index contributed by atoms with van der Waals surface area (Å²) in [4.78, 5) is 50.1. The van der Waals surface area contributed by atoms with Gasteiger partial charge in [0.05, 0.1) is 5.39 Å². The highest BCUT2D eigenvalue weighted by Crippen LogP contribution is 2.27. The molecule has 1 aromatic heterocycles. The highest BCUT2D eigenvalue weighted by atomic mass is 16.5. The van der Waals surface area contributed by atoms with Crippen LogP contribution in [0.25, 0.3) is 22.3 Å². The Morgan fingerprint density at radius 2 is 1.87 bits per heavy atom. The third-order valence-electron chi connectivity index (χ3n) is 4.89. The van der Waals surface area contributed by atoms with E-state index in [9.17, 15) is 19.2 Å². The van der Waals surface area contributed by atoms with Crippen molar-refractivity contribution in [3.8, 4) is 11.3 Å². The molecule has 1 aliphatic rings. The van der Waals surface area contributed by atoms with Crippen molar-refractivity contribution in [2.24, 2.45) is 0 Å². The van der Waals surface area contributed by atoms with Gasteiger partial charge in [-0.3, -0.25) is 14.5 Å². The van der Waals surface area contributed by atoms with Gasteiger partial charge in [0.15, 0.2) is 17.6 Å². The van der Waals surface area contributed by atoms with Crippen LogP contribution in [0.4, 0.5) is 4.79 Å². The van der Waals surface area contributed by atoms with Gasteiger partial charge >= 0.3 is 12.0 Å². The first-order valence-corrected chi connectivity index (χ1v) is 9.34. The molecule has 0 radical (unpaired) electrons. The van der Waals surface area contributed by atoms with Crippen LogP contribution in [0.1, 0.15) is 15.9 Å². The van der Waals surface area contributed by atoms with E-state index in [0.717, 1.165) is 4.90 Å². The van der Waals surface area contributed by atoms with Crippen LogP contribution in [-0.2, 0) is 9.53 Å². The lowest BCUT2D eigenvalue weighted by Crippen LogP contribution is -2.37. The Hall–Kier alpha value is -3.94. The first kappa shape index (κ1) is 19.4. The molecule has 3 amide bonds. The number of carbonyl (C=O) groups excluding carboxylic acids is 3. The zero-order valence-electron chi connectivity index (χ0n) is 16.1. The van der Waals surface area contributed by atoms with E-state index in [2.05, 4.69) is 5.32 Å². The molecular formula is C22H18N2O6. The number of rotatable bonds is 4. The predicted octanol–water partition coefficient (Wildman–Crippen LogP) is 2.48. The second-order valence-corrected chi connectivity index (χ2v) is 6.79. The zero-order chi connectivity index (χ0) is 21.3. The number of nitrogens with one attached hydrogen (secondary N) is 1. The van der Waals surface area contributed by atoms with E-state index >= 15 is 0 Å². The SMILES string of the molecule is Cc1c(-c2ccccc2)oc2c(C(=O)OCC(=O)N3CCNC3=O)cccc2c1=O. The lowest BCUT2D eigenvalue weighted by atomic mass is 10.0. The summed E-state index contributed by atoms with van der Waals surface area (Å²) in [6.07, 6.45) is 0. The first-order valence-electron chi connectivity index (χ1n) is 9.34. The number of hydrogen-bond donors (Lipinski definition) is 1. The number of nitrogens with zero attached hydrogens (tertiary/aromatic N) is 1. The molecule has 3 aromatic rings. The first-order chi connectivity index (χ1) is 14.5. The van der Waals surface area contributed by atoms with Crippen LogP contribution in [0, 0.1) is 6.92 Å². The van der Waals surface area contributed by atoms with E-state index in [0.29, 0.717) is 23.4 Å². The lowest BCUT2D eigenvalue weighted by Gasteiger charge is -2.13. The van der Waals surface area contributed by atoms with Gasteiger partial charge in [-0.1, -0.05) is 36.4 Å². The quantitative estimate of drug-likeness (QED) is 0.668. The molecule has 30 heavy (non-hydrogen) atoms. The fourth-order valence-electron chi connectivity index (χ4n) is 3.33. The van der Waals surface area contributed by atoms with Crippen molar-refractivity contribution in [3.05, 3.63) is 69.9 Å². The Bertz CT molecular complexity index is 1220.